The van der Waals surface area contributed by atoms with Gasteiger partial charge in [-0.15, -0.1) is 0 Å². The van der Waals surface area contributed by atoms with E-state index in [0.717, 1.165) is 4.47 Å². The number of rotatable bonds is 3. The predicted molar refractivity (Wildman–Crippen MR) is 64.3 cm³/mol. The van der Waals surface area contributed by atoms with E-state index in [2.05, 4.69) is 21.2 Å². The molecule has 1 unspecified atom stereocenters. The van der Waals surface area contributed by atoms with Crippen molar-refractivity contribution in [2.45, 2.75) is 13.0 Å². The summed E-state index contributed by atoms with van der Waals surface area (Å²) in [6, 6.07) is 5.19. The molecular weight excluding hydrogens is 281 g/mol. The highest BCUT2D eigenvalue weighted by Gasteiger charge is 2.11. The van der Waals surface area contributed by atoms with Gasteiger partial charge in [-0.05, 0) is 25.1 Å². The summed E-state index contributed by atoms with van der Waals surface area (Å²) in [5, 5.41) is 3.26. The lowest BCUT2D eigenvalue weighted by atomic mass is 10.3. The normalized spacial score (nSPS) is 12.3. The van der Waals surface area contributed by atoms with Crippen molar-refractivity contribution in [3.63, 3.8) is 0 Å². The van der Waals surface area contributed by atoms with Crippen LogP contribution in [0.25, 0.3) is 0 Å². The zero-order chi connectivity index (χ0) is 11.4. The van der Waals surface area contributed by atoms with Gasteiger partial charge in [0.15, 0.2) is 0 Å². The molecule has 1 amide bonds. The lowest BCUT2D eigenvalue weighted by Gasteiger charge is -2.10. The highest BCUT2D eigenvalue weighted by Crippen LogP contribution is 2.22. The fraction of sp³-hybridized carbons (Fsp3) is 0.300. The van der Waals surface area contributed by atoms with Crippen LogP contribution in [0.2, 0.25) is 5.02 Å². The van der Waals surface area contributed by atoms with E-state index in [-0.39, 0.29) is 5.91 Å². The Morgan fingerprint density at radius 1 is 1.53 bits per heavy atom. The summed E-state index contributed by atoms with van der Waals surface area (Å²) in [5.74, 6) is -0.202. The number of amides is 1. The lowest BCUT2D eigenvalue weighted by molar-refractivity contribution is -0.124. The molecule has 1 aromatic rings. The highest BCUT2D eigenvalue weighted by atomic mass is 79.9. The number of benzene rings is 1. The summed E-state index contributed by atoms with van der Waals surface area (Å²) in [5.41, 5.74) is 0.642. The van der Waals surface area contributed by atoms with Crippen LogP contribution in [-0.2, 0) is 9.53 Å². The van der Waals surface area contributed by atoms with Crippen LogP contribution in [0.15, 0.2) is 22.7 Å². The first-order valence-electron chi connectivity index (χ1n) is 4.32. The molecule has 0 aliphatic carbocycles. The van der Waals surface area contributed by atoms with Crippen molar-refractivity contribution in [1.29, 1.82) is 0 Å². The van der Waals surface area contributed by atoms with Gasteiger partial charge in [-0.2, -0.15) is 0 Å². The van der Waals surface area contributed by atoms with Gasteiger partial charge in [0.25, 0.3) is 5.91 Å². The molecule has 5 heteroatoms. The Kier molecular flexibility index (Phi) is 4.57. The third kappa shape index (κ3) is 3.81. The smallest absolute Gasteiger partial charge is 0.253 e. The standard InChI is InChI=1S/C10H11BrClNO2/c1-6(15-2)10(14)13-9-4-7(11)3-8(12)5-9/h3-6H,1-2H3,(H,13,14). The molecule has 0 heterocycles. The quantitative estimate of drug-likeness (QED) is 0.930. The molecule has 1 aromatic carbocycles. The van der Waals surface area contributed by atoms with E-state index >= 15 is 0 Å². The Bertz CT molecular complexity index is 350. The summed E-state index contributed by atoms with van der Waals surface area (Å²) in [6.45, 7) is 1.68. The van der Waals surface area contributed by atoms with Crippen LogP contribution >= 0.6 is 27.5 Å². The Hall–Kier alpha value is -0.580. The SMILES string of the molecule is COC(C)C(=O)Nc1cc(Cl)cc(Br)c1. The van der Waals surface area contributed by atoms with Crippen LogP contribution < -0.4 is 5.32 Å². The van der Waals surface area contributed by atoms with Crippen molar-refractivity contribution in [1.82, 2.24) is 0 Å². The molecule has 82 valence electrons. The van der Waals surface area contributed by atoms with E-state index in [1.807, 2.05) is 0 Å². The van der Waals surface area contributed by atoms with Crippen molar-refractivity contribution in [3.8, 4) is 0 Å². The topological polar surface area (TPSA) is 38.3 Å². The maximum atomic E-state index is 11.5. The van der Waals surface area contributed by atoms with Gasteiger partial charge >= 0.3 is 0 Å². The molecule has 3 nitrogen and oxygen atoms in total. The molecule has 1 rings (SSSR count). The Labute approximate surface area is 102 Å². The molecule has 0 aliphatic rings. The molecule has 0 spiro atoms. The molecule has 0 aliphatic heterocycles. The largest absolute Gasteiger partial charge is 0.372 e. The first-order chi connectivity index (χ1) is 7.02. The highest BCUT2D eigenvalue weighted by molar-refractivity contribution is 9.10. The van der Waals surface area contributed by atoms with Crippen LogP contribution in [0.3, 0.4) is 0 Å². The van der Waals surface area contributed by atoms with Gasteiger partial charge in [0, 0.05) is 22.3 Å². The molecule has 1 atom stereocenters. The van der Waals surface area contributed by atoms with Gasteiger partial charge in [-0.3, -0.25) is 4.79 Å². The van der Waals surface area contributed by atoms with E-state index in [0.29, 0.717) is 10.7 Å². The van der Waals surface area contributed by atoms with E-state index in [1.165, 1.54) is 7.11 Å². The van der Waals surface area contributed by atoms with E-state index < -0.39 is 6.10 Å². The first kappa shape index (κ1) is 12.5. The molecule has 15 heavy (non-hydrogen) atoms. The van der Waals surface area contributed by atoms with Crippen LogP contribution in [0.5, 0.6) is 0 Å². The van der Waals surface area contributed by atoms with Gasteiger partial charge < -0.3 is 10.1 Å². The van der Waals surface area contributed by atoms with Crippen LogP contribution in [0, 0.1) is 0 Å². The minimum Gasteiger partial charge on any atom is -0.372 e. The molecular formula is C10H11BrClNO2. The maximum absolute atomic E-state index is 11.5. The monoisotopic (exact) mass is 291 g/mol. The number of ether oxygens (including phenoxy) is 1. The Morgan fingerprint density at radius 3 is 2.73 bits per heavy atom. The summed E-state index contributed by atoms with van der Waals surface area (Å²) >= 11 is 9.12. The van der Waals surface area contributed by atoms with Crippen LogP contribution in [0.4, 0.5) is 5.69 Å². The second-order valence-corrected chi connectivity index (χ2v) is 4.38. The molecule has 0 fully saturated rings. The number of methoxy groups -OCH3 is 1. The van der Waals surface area contributed by atoms with Gasteiger partial charge in [0.2, 0.25) is 0 Å². The zero-order valence-electron chi connectivity index (χ0n) is 8.38. The lowest BCUT2D eigenvalue weighted by Crippen LogP contribution is -2.26. The number of carbonyl (C=O) groups is 1. The van der Waals surface area contributed by atoms with Gasteiger partial charge in [0.05, 0.1) is 0 Å². The summed E-state index contributed by atoms with van der Waals surface area (Å²) in [7, 11) is 1.48. The van der Waals surface area contributed by atoms with Gasteiger partial charge in [0.1, 0.15) is 6.10 Å². The van der Waals surface area contributed by atoms with E-state index in [1.54, 1.807) is 25.1 Å². The molecule has 0 saturated carbocycles. The minimum atomic E-state index is -0.484. The number of carbonyl (C=O) groups excluding carboxylic acids is 1. The minimum absolute atomic E-state index is 0.202. The maximum Gasteiger partial charge on any atom is 0.253 e. The Balaban J connectivity index is 2.76. The zero-order valence-corrected chi connectivity index (χ0v) is 10.7. The summed E-state index contributed by atoms with van der Waals surface area (Å²) in [6.07, 6.45) is -0.484. The van der Waals surface area contributed by atoms with Crippen molar-refractivity contribution in [2.75, 3.05) is 12.4 Å². The second kappa shape index (κ2) is 5.49. The number of hydrogen-bond donors (Lipinski definition) is 1. The third-order valence-corrected chi connectivity index (χ3v) is 2.53. The first-order valence-corrected chi connectivity index (χ1v) is 5.50. The fourth-order valence-corrected chi connectivity index (χ4v) is 1.84. The second-order valence-electron chi connectivity index (χ2n) is 3.03. The van der Waals surface area contributed by atoms with Crippen molar-refractivity contribution >= 4 is 39.1 Å². The van der Waals surface area contributed by atoms with E-state index in [9.17, 15) is 4.79 Å². The average molecular weight is 293 g/mol. The van der Waals surface area contributed by atoms with Crippen molar-refractivity contribution in [2.24, 2.45) is 0 Å². The molecule has 0 saturated heterocycles. The molecule has 1 N–H and O–H groups in total. The molecule has 0 bridgehead atoms. The molecule has 0 aromatic heterocycles. The Morgan fingerprint density at radius 2 is 2.20 bits per heavy atom. The summed E-state index contributed by atoms with van der Waals surface area (Å²) < 4.78 is 5.70. The fourth-order valence-electron chi connectivity index (χ4n) is 0.977. The van der Waals surface area contributed by atoms with Crippen molar-refractivity contribution in [3.05, 3.63) is 27.7 Å². The van der Waals surface area contributed by atoms with Crippen molar-refractivity contribution < 1.29 is 9.53 Å². The summed E-state index contributed by atoms with van der Waals surface area (Å²) in [4.78, 5) is 11.5. The van der Waals surface area contributed by atoms with Crippen LogP contribution in [-0.4, -0.2) is 19.1 Å². The number of hydrogen-bond acceptors (Lipinski definition) is 2. The number of halogens is 2. The van der Waals surface area contributed by atoms with E-state index in [4.69, 9.17) is 16.3 Å². The van der Waals surface area contributed by atoms with Gasteiger partial charge in [-0.1, -0.05) is 27.5 Å². The third-order valence-electron chi connectivity index (χ3n) is 1.85. The number of anilines is 1. The van der Waals surface area contributed by atoms with Crippen LogP contribution in [0.1, 0.15) is 6.92 Å². The number of nitrogens with one attached hydrogen (secondary N) is 1. The predicted octanol–water partition coefficient (Wildman–Crippen LogP) is 3.08. The van der Waals surface area contributed by atoms with Gasteiger partial charge in [-0.25, -0.2) is 0 Å². The average Bonchev–Trinajstić information content (AvgIpc) is 2.14. The molecule has 0 radical (unpaired) electrons.